The average molecular weight is 337 g/mol. The van der Waals surface area contributed by atoms with Crippen molar-refractivity contribution in [3.05, 3.63) is 52.9 Å². The van der Waals surface area contributed by atoms with Crippen molar-refractivity contribution < 1.29 is 17.9 Å². The van der Waals surface area contributed by atoms with Gasteiger partial charge in [0.1, 0.15) is 10.3 Å². The summed E-state index contributed by atoms with van der Waals surface area (Å²) in [4.78, 5) is 12.1. The molecule has 3 rings (SSSR count). The average Bonchev–Trinajstić information content (AvgIpc) is 3.08. The van der Waals surface area contributed by atoms with Crippen LogP contribution < -0.4 is 0 Å². The Kier molecular flexibility index (Phi) is 4.03. The van der Waals surface area contributed by atoms with Crippen LogP contribution in [0.4, 0.5) is 0 Å². The molecule has 5 nitrogen and oxygen atoms in total. The van der Waals surface area contributed by atoms with Crippen LogP contribution in [0.1, 0.15) is 11.1 Å². The summed E-state index contributed by atoms with van der Waals surface area (Å²) in [5.74, 6) is -0.533. The van der Waals surface area contributed by atoms with Crippen LogP contribution in [-0.2, 0) is 32.5 Å². The number of hydrogen-bond acceptors (Lipinski definition) is 5. The van der Waals surface area contributed by atoms with E-state index < -0.39 is 22.0 Å². The van der Waals surface area contributed by atoms with Crippen molar-refractivity contribution in [1.29, 1.82) is 0 Å². The minimum absolute atomic E-state index is 0.177. The van der Waals surface area contributed by atoms with Gasteiger partial charge in [-0.25, -0.2) is 8.42 Å². The second-order valence-corrected chi connectivity index (χ2v) is 8.06. The highest BCUT2D eigenvalue weighted by atomic mass is 32.2. The Morgan fingerprint density at radius 1 is 1.23 bits per heavy atom. The largest absolute Gasteiger partial charge is 0.468 e. The summed E-state index contributed by atoms with van der Waals surface area (Å²) in [6, 6.07) is 9.97. The first-order valence-corrected chi connectivity index (χ1v) is 9.06. The van der Waals surface area contributed by atoms with Crippen molar-refractivity contribution in [2.24, 2.45) is 0 Å². The van der Waals surface area contributed by atoms with Crippen molar-refractivity contribution in [2.45, 2.75) is 23.2 Å². The molecule has 0 N–H and O–H groups in total. The van der Waals surface area contributed by atoms with Gasteiger partial charge in [-0.15, -0.1) is 11.3 Å². The highest BCUT2D eigenvalue weighted by Crippen LogP contribution is 2.31. The zero-order valence-electron chi connectivity index (χ0n) is 11.9. The van der Waals surface area contributed by atoms with E-state index in [0.29, 0.717) is 6.42 Å². The number of ether oxygens (including phenoxy) is 1. The van der Waals surface area contributed by atoms with Gasteiger partial charge in [-0.05, 0) is 22.6 Å². The zero-order chi connectivity index (χ0) is 15.7. The first-order chi connectivity index (χ1) is 10.5. The third-order valence-corrected chi connectivity index (χ3v) is 6.96. The summed E-state index contributed by atoms with van der Waals surface area (Å²) in [5, 5.41) is 1.71. The Labute approximate surface area is 133 Å². The topological polar surface area (TPSA) is 63.7 Å². The van der Waals surface area contributed by atoms with E-state index in [-0.39, 0.29) is 10.8 Å². The van der Waals surface area contributed by atoms with Gasteiger partial charge < -0.3 is 4.74 Å². The fourth-order valence-corrected chi connectivity index (χ4v) is 5.29. The number of carbonyl (C=O) groups excluding carboxylic acids is 1. The number of rotatable bonds is 3. The number of sulfonamides is 1. The van der Waals surface area contributed by atoms with Crippen LogP contribution in [0.15, 0.2) is 46.0 Å². The molecule has 0 saturated heterocycles. The minimum atomic E-state index is -3.71. The van der Waals surface area contributed by atoms with E-state index in [1.54, 1.807) is 17.5 Å². The van der Waals surface area contributed by atoms with Gasteiger partial charge in [-0.1, -0.05) is 30.3 Å². The van der Waals surface area contributed by atoms with Crippen molar-refractivity contribution in [3.8, 4) is 0 Å². The van der Waals surface area contributed by atoms with Gasteiger partial charge in [0, 0.05) is 13.0 Å². The van der Waals surface area contributed by atoms with E-state index in [0.717, 1.165) is 22.5 Å². The molecule has 116 valence electrons. The SMILES string of the molecule is COC(=O)[C@H]1Cc2ccccc2CN1S(=O)(=O)c1cccs1. The maximum atomic E-state index is 12.8. The van der Waals surface area contributed by atoms with E-state index in [4.69, 9.17) is 4.74 Å². The minimum Gasteiger partial charge on any atom is -0.468 e. The Morgan fingerprint density at radius 3 is 2.59 bits per heavy atom. The summed E-state index contributed by atoms with van der Waals surface area (Å²) >= 11 is 1.14. The zero-order valence-corrected chi connectivity index (χ0v) is 13.6. The van der Waals surface area contributed by atoms with Crippen molar-refractivity contribution >= 4 is 27.3 Å². The molecule has 2 aromatic rings. The lowest BCUT2D eigenvalue weighted by atomic mass is 9.96. The number of thiophene rings is 1. The second-order valence-electron chi connectivity index (χ2n) is 4.99. The molecule has 1 aliphatic heterocycles. The molecular weight excluding hydrogens is 322 g/mol. The van der Waals surface area contributed by atoms with Gasteiger partial charge in [-0.2, -0.15) is 4.31 Å². The monoisotopic (exact) mass is 337 g/mol. The molecule has 0 amide bonds. The Morgan fingerprint density at radius 2 is 1.95 bits per heavy atom. The summed E-state index contributed by atoms with van der Waals surface area (Å²) < 4.78 is 31.9. The molecule has 1 aromatic carbocycles. The lowest BCUT2D eigenvalue weighted by molar-refractivity contribution is -0.145. The highest BCUT2D eigenvalue weighted by Gasteiger charge is 2.40. The van der Waals surface area contributed by atoms with Crippen molar-refractivity contribution in [3.63, 3.8) is 0 Å². The van der Waals surface area contributed by atoms with Crippen LogP contribution in [0.5, 0.6) is 0 Å². The van der Waals surface area contributed by atoms with Gasteiger partial charge >= 0.3 is 5.97 Å². The standard InChI is InChI=1S/C15H15NO4S2/c1-20-15(17)13-9-11-5-2-3-6-12(11)10-16(13)22(18,19)14-7-4-8-21-14/h2-8,13H,9-10H2,1H3/t13-/m1/s1. The van der Waals surface area contributed by atoms with Crippen LogP contribution >= 0.6 is 11.3 Å². The van der Waals surface area contributed by atoms with E-state index in [2.05, 4.69) is 0 Å². The second kappa shape index (κ2) is 5.83. The van der Waals surface area contributed by atoms with Crippen LogP contribution in [0.3, 0.4) is 0 Å². The number of nitrogens with zero attached hydrogens (tertiary/aromatic N) is 1. The molecule has 0 bridgehead atoms. The maximum Gasteiger partial charge on any atom is 0.324 e. The molecule has 0 spiro atoms. The lowest BCUT2D eigenvalue weighted by Crippen LogP contribution is -2.48. The molecule has 0 radical (unpaired) electrons. The van der Waals surface area contributed by atoms with E-state index in [1.807, 2.05) is 24.3 Å². The summed E-state index contributed by atoms with van der Waals surface area (Å²) in [6.45, 7) is 0.177. The molecule has 7 heteroatoms. The summed E-state index contributed by atoms with van der Waals surface area (Å²) in [5.41, 5.74) is 1.90. The maximum absolute atomic E-state index is 12.8. The highest BCUT2D eigenvalue weighted by molar-refractivity contribution is 7.91. The third kappa shape index (κ3) is 2.55. The first-order valence-electron chi connectivity index (χ1n) is 6.74. The predicted molar refractivity (Wildman–Crippen MR) is 83.0 cm³/mol. The third-order valence-electron chi connectivity index (χ3n) is 3.74. The van der Waals surface area contributed by atoms with Crippen LogP contribution in [0, 0.1) is 0 Å². The lowest BCUT2D eigenvalue weighted by Gasteiger charge is -2.33. The molecule has 22 heavy (non-hydrogen) atoms. The Hall–Kier alpha value is -1.70. The molecule has 0 unspecified atom stereocenters. The number of esters is 1. The normalized spacial score (nSPS) is 18.7. The fraction of sp³-hybridized carbons (Fsp3) is 0.267. The van der Waals surface area contributed by atoms with Crippen LogP contribution in [0.2, 0.25) is 0 Å². The number of carbonyl (C=O) groups is 1. The number of methoxy groups -OCH3 is 1. The molecule has 0 saturated carbocycles. The van der Waals surface area contributed by atoms with Gasteiger partial charge in [-0.3, -0.25) is 4.79 Å². The first kappa shape index (κ1) is 15.2. The van der Waals surface area contributed by atoms with E-state index in [9.17, 15) is 13.2 Å². The van der Waals surface area contributed by atoms with E-state index >= 15 is 0 Å². The number of benzene rings is 1. The van der Waals surface area contributed by atoms with Gasteiger partial charge in [0.2, 0.25) is 0 Å². The predicted octanol–water partition coefficient (Wildman–Crippen LogP) is 2.04. The number of fused-ring (bicyclic) bond motifs is 1. The molecule has 1 aliphatic rings. The Balaban J connectivity index is 2.06. The molecule has 2 heterocycles. The Bertz CT molecular complexity index is 784. The smallest absolute Gasteiger partial charge is 0.324 e. The van der Waals surface area contributed by atoms with Gasteiger partial charge in [0.15, 0.2) is 0 Å². The quantitative estimate of drug-likeness (QED) is 0.804. The summed E-state index contributed by atoms with van der Waals surface area (Å²) in [7, 11) is -2.44. The molecule has 1 aromatic heterocycles. The molecule has 0 fully saturated rings. The molecule has 0 aliphatic carbocycles. The number of hydrogen-bond donors (Lipinski definition) is 0. The van der Waals surface area contributed by atoms with Crippen LogP contribution in [0.25, 0.3) is 0 Å². The van der Waals surface area contributed by atoms with Gasteiger partial charge in [0.05, 0.1) is 7.11 Å². The summed E-state index contributed by atoms with van der Waals surface area (Å²) in [6.07, 6.45) is 0.327. The van der Waals surface area contributed by atoms with E-state index in [1.165, 1.54) is 11.4 Å². The molecule has 1 atom stereocenters. The van der Waals surface area contributed by atoms with Crippen LogP contribution in [-0.4, -0.2) is 31.8 Å². The van der Waals surface area contributed by atoms with Crippen molar-refractivity contribution in [1.82, 2.24) is 4.31 Å². The van der Waals surface area contributed by atoms with Gasteiger partial charge in [0.25, 0.3) is 10.0 Å². The molecular formula is C15H15NO4S2. The van der Waals surface area contributed by atoms with Crippen molar-refractivity contribution in [2.75, 3.05) is 7.11 Å². The fourth-order valence-electron chi connectivity index (χ4n) is 2.61.